The van der Waals surface area contributed by atoms with Crippen molar-refractivity contribution in [2.45, 2.75) is 50.0 Å². The van der Waals surface area contributed by atoms with Crippen LogP contribution in [0.5, 0.6) is 5.75 Å². The van der Waals surface area contributed by atoms with Crippen molar-refractivity contribution in [3.05, 3.63) is 18.2 Å². The van der Waals surface area contributed by atoms with Gasteiger partial charge in [-0.25, -0.2) is 13.1 Å². The Balaban J connectivity index is 2.12. The van der Waals surface area contributed by atoms with Gasteiger partial charge in [0.15, 0.2) is 0 Å². The molecule has 0 spiro atoms. The average molecular weight is 312 g/mol. The number of nitrogens with one attached hydrogen (secondary N) is 1. The Morgan fingerprint density at radius 2 is 2.00 bits per heavy atom. The number of nitrogen functional groups attached to an aromatic ring is 1. The first-order valence-electron chi connectivity index (χ1n) is 7.38. The van der Waals surface area contributed by atoms with Crippen molar-refractivity contribution < 1.29 is 13.2 Å². The van der Waals surface area contributed by atoms with Crippen molar-refractivity contribution in [3.8, 4) is 5.75 Å². The zero-order valence-corrected chi connectivity index (χ0v) is 13.4. The van der Waals surface area contributed by atoms with Gasteiger partial charge in [-0.3, -0.25) is 0 Å². The Kier molecular flexibility index (Phi) is 5.11. The smallest absolute Gasteiger partial charge is 0.240 e. The predicted octanol–water partition coefficient (Wildman–Crippen LogP) is 2.52. The molecule has 0 saturated heterocycles. The van der Waals surface area contributed by atoms with Crippen LogP contribution in [-0.2, 0) is 10.0 Å². The van der Waals surface area contributed by atoms with Gasteiger partial charge in [0.05, 0.1) is 17.7 Å². The summed E-state index contributed by atoms with van der Waals surface area (Å²) in [6.45, 7) is 2.22. The summed E-state index contributed by atoms with van der Waals surface area (Å²) in [5.41, 5.74) is 6.12. The second-order valence-electron chi connectivity index (χ2n) is 5.84. The molecule has 1 fully saturated rings. The Morgan fingerprint density at radius 3 is 2.67 bits per heavy atom. The van der Waals surface area contributed by atoms with E-state index in [1.165, 1.54) is 25.7 Å². The van der Waals surface area contributed by atoms with Crippen LogP contribution in [0.4, 0.5) is 5.69 Å². The molecule has 0 aliphatic heterocycles. The number of ether oxygens (including phenoxy) is 1. The third-order valence-electron chi connectivity index (χ3n) is 4.09. The van der Waals surface area contributed by atoms with Gasteiger partial charge in [0, 0.05) is 6.04 Å². The van der Waals surface area contributed by atoms with E-state index in [9.17, 15) is 8.42 Å². The highest BCUT2D eigenvalue weighted by molar-refractivity contribution is 7.89. The van der Waals surface area contributed by atoms with Crippen molar-refractivity contribution in [1.82, 2.24) is 4.72 Å². The summed E-state index contributed by atoms with van der Waals surface area (Å²) < 4.78 is 32.7. The summed E-state index contributed by atoms with van der Waals surface area (Å²) >= 11 is 0. The fourth-order valence-electron chi connectivity index (χ4n) is 2.77. The molecule has 1 aliphatic carbocycles. The molecule has 6 heteroatoms. The van der Waals surface area contributed by atoms with Crippen molar-refractivity contribution in [2.75, 3.05) is 12.8 Å². The molecule has 3 N–H and O–H groups in total. The van der Waals surface area contributed by atoms with Gasteiger partial charge in [-0.2, -0.15) is 0 Å². The van der Waals surface area contributed by atoms with E-state index in [4.69, 9.17) is 10.5 Å². The van der Waals surface area contributed by atoms with Crippen LogP contribution in [0.1, 0.15) is 39.0 Å². The lowest BCUT2D eigenvalue weighted by Crippen LogP contribution is -2.34. The van der Waals surface area contributed by atoms with E-state index in [-0.39, 0.29) is 10.9 Å². The summed E-state index contributed by atoms with van der Waals surface area (Å²) in [5, 5.41) is 0. The first-order valence-corrected chi connectivity index (χ1v) is 8.86. The van der Waals surface area contributed by atoms with Crippen molar-refractivity contribution >= 4 is 15.7 Å². The highest BCUT2D eigenvalue weighted by atomic mass is 32.2. The minimum absolute atomic E-state index is 0.0169. The molecule has 21 heavy (non-hydrogen) atoms. The van der Waals surface area contributed by atoms with Crippen LogP contribution in [0, 0.1) is 5.92 Å². The number of rotatable bonds is 4. The summed E-state index contributed by atoms with van der Waals surface area (Å²) in [6.07, 6.45) is 5.10. The van der Waals surface area contributed by atoms with E-state index >= 15 is 0 Å². The molecular formula is C15H24N2O3S. The van der Waals surface area contributed by atoms with Crippen LogP contribution < -0.4 is 15.2 Å². The summed E-state index contributed by atoms with van der Waals surface area (Å²) in [6, 6.07) is 4.57. The number of benzene rings is 1. The molecule has 2 unspecified atom stereocenters. The minimum Gasteiger partial charge on any atom is -0.495 e. The second kappa shape index (κ2) is 6.66. The first-order chi connectivity index (χ1) is 9.92. The van der Waals surface area contributed by atoms with Crippen LogP contribution >= 0.6 is 0 Å². The molecule has 2 rings (SSSR count). The van der Waals surface area contributed by atoms with Crippen LogP contribution in [0.25, 0.3) is 0 Å². The second-order valence-corrected chi connectivity index (χ2v) is 7.55. The fourth-order valence-corrected chi connectivity index (χ4v) is 4.11. The Hall–Kier alpha value is -1.27. The van der Waals surface area contributed by atoms with Gasteiger partial charge in [-0.05, 0) is 43.4 Å². The summed E-state index contributed by atoms with van der Waals surface area (Å²) in [4.78, 5) is 0.193. The molecule has 0 bridgehead atoms. The van der Waals surface area contributed by atoms with Crippen LogP contribution in [-0.4, -0.2) is 21.6 Å². The molecule has 5 nitrogen and oxygen atoms in total. The van der Waals surface area contributed by atoms with E-state index in [1.807, 2.05) is 0 Å². The zero-order valence-electron chi connectivity index (χ0n) is 12.6. The highest BCUT2D eigenvalue weighted by Gasteiger charge is 2.23. The maximum atomic E-state index is 12.4. The SMILES string of the molecule is COc1ccc(S(=O)(=O)NC2CCCC(C)CC2)cc1N. The third kappa shape index (κ3) is 4.11. The van der Waals surface area contributed by atoms with Crippen LogP contribution in [0.2, 0.25) is 0 Å². The molecule has 1 aromatic rings. The lowest BCUT2D eigenvalue weighted by molar-refractivity contribution is 0.416. The van der Waals surface area contributed by atoms with Crippen molar-refractivity contribution in [2.24, 2.45) is 5.92 Å². The van der Waals surface area contributed by atoms with Crippen molar-refractivity contribution in [1.29, 1.82) is 0 Å². The normalized spacial score (nSPS) is 23.5. The maximum absolute atomic E-state index is 12.4. The minimum atomic E-state index is -3.53. The number of methoxy groups -OCH3 is 1. The van der Waals surface area contributed by atoms with E-state index in [0.29, 0.717) is 17.4 Å². The molecule has 0 radical (unpaired) electrons. The van der Waals surface area contributed by atoms with E-state index < -0.39 is 10.0 Å². The zero-order chi connectivity index (χ0) is 15.5. The molecule has 0 aromatic heterocycles. The van der Waals surface area contributed by atoms with Gasteiger partial charge in [0.1, 0.15) is 5.75 Å². The number of nitrogens with two attached hydrogens (primary N) is 1. The highest BCUT2D eigenvalue weighted by Crippen LogP contribution is 2.26. The Labute approximate surface area is 126 Å². The average Bonchev–Trinajstić information content (AvgIpc) is 2.63. The van der Waals surface area contributed by atoms with Gasteiger partial charge in [-0.1, -0.05) is 19.8 Å². The van der Waals surface area contributed by atoms with E-state index in [1.54, 1.807) is 6.07 Å². The molecule has 118 valence electrons. The third-order valence-corrected chi connectivity index (χ3v) is 5.61. The molecule has 1 aromatic carbocycles. The lowest BCUT2D eigenvalue weighted by atomic mass is 10.0. The molecule has 1 saturated carbocycles. The number of sulfonamides is 1. The summed E-state index contributed by atoms with van der Waals surface area (Å²) in [5.74, 6) is 1.16. The molecular weight excluding hydrogens is 288 g/mol. The maximum Gasteiger partial charge on any atom is 0.240 e. The molecule has 0 heterocycles. The van der Waals surface area contributed by atoms with Crippen LogP contribution in [0.3, 0.4) is 0 Å². The quantitative estimate of drug-likeness (QED) is 0.661. The topological polar surface area (TPSA) is 81.4 Å². The first kappa shape index (κ1) is 16.1. The van der Waals surface area contributed by atoms with Crippen molar-refractivity contribution in [3.63, 3.8) is 0 Å². The number of hydrogen-bond acceptors (Lipinski definition) is 4. The Morgan fingerprint density at radius 1 is 1.24 bits per heavy atom. The Bertz CT molecular complexity index is 587. The fraction of sp³-hybridized carbons (Fsp3) is 0.600. The van der Waals surface area contributed by atoms with E-state index in [0.717, 1.165) is 25.7 Å². The molecule has 2 atom stereocenters. The van der Waals surface area contributed by atoms with Crippen LogP contribution in [0.15, 0.2) is 23.1 Å². The van der Waals surface area contributed by atoms with Gasteiger partial charge in [-0.15, -0.1) is 0 Å². The molecule has 0 amide bonds. The monoisotopic (exact) mass is 312 g/mol. The van der Waals surface area contributed by atoms with Gasteiger partial charge >= 0.3 is 0 Å². The number of anilines is 1. The molecule has 1 aliphatic rings. The largest absolute Gasteiger partial charge is 0.495 e. The predicted molar refractivity (Wildman–Crippen MR) is 83.8 cm³/mol. The lowest BCUT2D eigenvalue weighted by Gasteiger charge is -2.17. The summed E-state index contributed by atoms with van der Waals surface area (Å²) in [7, 11) is -2.02. The standard InChI is InChI=1S/C15H24N2O3S/c1-11-4-3-5-12(7-6-11)17-21(18,19)13-8-9-15(20-2)14(16)10-13/h8-12,17H,3-7,16H2,1-2H3. The van der Waals surface area contributed by atoms with E-state index in [2.05, 4.69) is 11.6 Å². The van der Waals surface area contributed by atoms with Gasteiger partial charge in [0.2, 0.25) is 10.0 Å². The van der Waals surface area contributed by atoms with Gasteiger partial charge < -0.3 is 10.5 Å². The van der Waals surface area contributed by atoms with Gasteiger partial charge in [0.25, 0.3) is 0 Å². The number of hydrogen-bond donors (Lipinski definition) is 2.